The lowest BCUT2D eigenvalue weighted by Gasteiger charge is -2.31. The van der Waals surface area contributed by atoms with E-state index in [9.17, 15) is 22.0 Å². The van der Waals surface area contributed by atoms with Crippen molar-refractivity contribution in [1.82, 2.24) is 0 Å². The standard InChI is InChI=1S/C22H29F5O.CH4.2H2/c1-14-2-4-15(5-3-14)6-7-16-8-10-17(11-9-16)18-12-19(23)21(20(24)13-18)28-22(25,26)27;;;/h12-17H,2-11H2,1H3;1H4;2*1H. The molecule has 3 rings (SSSR count). The van der Waals surface area contributed by atoms with E-state index in [1.165, 1.54) is 38.5 Å². The Morgan fingerprint density at radius 2 is 1.31 bits per heavy atom. The maximum absolute atomic E-state index is 14.0. The van der Waals surface area contributed by atoms with E-state index in [4.69, 9.17) is 0 Å². The van der Waals surface area contributed by atoms with E-state index in [-0.39, 0.29) is 16.2 Å². The summed E-state index contributed by atoms with van der Waals surface area (Å²) in [5, 5.41) is 0. The Morgan fingerprint density at radius 3 is 1.76 bits per heavy atom. The van der Waals surface area contributed by atoms with Gasteiger partial charge in [-0.1, -0.05) is 52.9 Å². The summed E-state index contributed by atoms with van der Waals surface area (Å²) in [4.78, 5) is 0. The molecule has 0 spiro atoms. The fourth-order valence-corrected chi connectivity index (χ4v) is 4.90. The second-order valence-corrected chi connectivity index (χ2v) is 8.78. The maximum Gasteiger partial charge on any atom is 0.573 e. The molecule has 1 nitrogen and oxygen atoms in total. The number of hydrogen-bond acceptors (Lipinski definition) is 1. The first kappa shape index (κ1) is 23.9. The molecular weight excluding hydrogens is 387 g/mol. The van der Waals surface area contributed by atoms with E-state index < -0.39 is 23.7 Å². The number of ether oxygens (including phenoxy) is 1. The molecule has 6 heteroatoms. The van der Waals surface area contributed by atoms with Crippen LogP contribution in [0.3, 0.4) is 0 Å². The van der Waals surface area contributed by atoms with Crippen LogP contribution in [0.25, 0.3) is 0 Å². The smallest absolute Gasteiger partial charge is 0.399 e. The minimum atomic E-state index is -5.11. The fraction of sp³-hybridized carbons (Fsp3) is 0.739. The highest BCUT2D eigenvalue weighted by Gasteiger charge is 2.34. The third kappa shape index (κ3) is 6.85. The molecule has 170 valence electrons. The first-order valence-corrected chi connectivity index (χ1v) is 10.5. The molecule has 2 aliphatic carbocycles. The van der Waals surface area contributed by atoms with Crippen LogP contribution in [-0.2, 0) is 0 Å². The van der Waals surface area contributed by atoms with Gasteiger partial charge in [-0.15, -0.1) is 13.2 Å². The summed E-state index contributed by atoms with van der Waals surface area (Å²) >= 11 is 0. The van der Waals surface area contributed by atoms with Crippen LogP contribution in [0.1, 0.15) is 92.9 Å². The van der Waals surface area contributed by atoms with E-state index in [0.717, 1.165) is 49.7 Å². The van der Waals surface area contributed by atoms with Gasteiger partial charge >= 0.3 is 6.36 Å². The minimum Gasteiger partial charge on any atom is -0.399 e. The molecule has 0 saturated heterocycles. The quantitative estimate of drug-likeness (QED) is 0.429. The first-order valence-electron chi connectivity index (χ1n) is 10.5. The molecule has 0 unspecified atom stereocenters. The number of alkyl halides is 3. The summed E-state index contributed by atoms with van der Waals surface area (Å²) in [5.74, 6) is -1.60. The molecule has 0 aliphatic heterocycles. The third-order valence-electron chi connectivity index (χ3n) is 6.68. The van der Waals surface area contributed by atoms with Crippen LogP contribution in [0.4, 0.5) is 22.0 Å². The van der Waals surface area contributed by atoms with Crippen LogP contribution in [0.5, 0.6) is 5.75 Å². The average molecular weight is 425 g/mol. The maximum atomic E-state index is 14.0. The van der Waals surface area contributed by atoms with Gasteiger partial charge < -0.3 is 4.74 Å². The normalized spacial score (nSPS) is 27.9. The number of rotatable bonds is 5. The summed E-state index contributed by atoms with van der Waals surface area (Å²) in [6.07, 6.45) is 6.39. The Balaban J connectivity index is 0.00000300. The molecule has 0 bridgehead atoms. The topological polar surface area (TPSA) is 9.23 Å². The van der Waals surface area contributed by atoms with Crippen LogP contribution in [0.15, 0.2) is 12.1 Å². The molecule has 1 aromatic carbocycles. The monoisotopic (exact) mass is 424 g/mol. The lowest BCUT2D eigenvalue weighted by Crippen LogP contribution is -2.19. The molecule has 0 atom stereocenters. The Labute approximate surface area is 174 Å². The second kappa shape index (κ2) is 10.1. The average Bonchev–Trinajstić information content (AvgIpc) is 2.64. The Morgan fingerprint density at radius 1 is 0.862 bits per heavy atom. The highest BCUT2D eigenvalue weighted by molar-refractivity contribution is 5.33. The zero-order valence-electron chi connectivity index (χ0n) is 16.3. The zero-order valence-corrected chi connectivity index (χ0v) is 16.3. The van der Waals surface area contributed by atoms with Gasteiger partial charge in [0, 0.05) is 2.85 Å². The van der Waals surface area contributed by atoms with Crippen molar-refractivity contribution < 1.29 is 29.5 Å². The molecule has 0 radical (unpaired) electrons. The predicted octanol–water partition coefficient (Wildman–Crippen LogP) is 8.87. The van der Waals surface area contributed by atoms with E-state index in [1.54, 1.807) is 0 Å². The lowest BCUT2D eigenvalue weighted by molar-refractivity contribution is -0.276. The van der Waals surface area contributed by atoms with Crippen LogP contribution in [0.2, 0.25) is 0 Å². The SMILES string of the molecule is C.CC1CCC(CCC2CCC(c3cc(F)c(OC(F)(F)F)c(F)c3)CC2)CC1.[HH].[HH]. The van der Waals surface area contributed by atoms with Crippen molar-refractivity contribution in [2.45, 2.75) is 90.8 Å². The van der Waals surface area contributed by atoms with Crippen LogP contribution >= 0.6 is 0 Å². The molecule has 0 amide bonds. The summed E-state index contributed by atoms with van der Waals surface area (Å²) in [6, 6.07) is 2.00. The van der Waals surface area contributed by atoms with Crippen molar-refractivity contribution >= 4 is 0 Å². The summed E-state index contributed by atoms with van der Waals surface area (Å²) in [5.41, 5.74) is 0.434. The van der Waals surface area contributed by atoms with Gasteiger partial charge in [-0.2, -0.15) is 0 Å². The van der Waals surface area contributed by atoms with Crippen molar-refractivity contribution in [3.05, 3.63) is 29.3 Å². The highest BCUT2D eigenvalue weighted by Crippen LogP contribution is 2.41. The molecule has 29 heavy (non-hydrogen) atoms. The minimum absolute atomic E-state index is 0. The predicted molar refractivity (Wildman–Crippen MR) is 109 cm³/mol. The van der Waals surface area contributed by atoms with Gasteiger partial charge in [0.1, 0.15) is 0 Å². The van der Waals surface area contributed by atoms with Gasteiger partial charge in [0.25, 0.3) is 0 Å². The third-order valence-corrected chi connectivity index (χ3v) is 6.68. The van der Waals surface area contributed by atoms with E-state index >= 15 is 0 Å². The Hall–Kier alpha value is -1.33. The Kier molecular flexibility index (Phi) is 8.36. The van der Waals surface area contributed by atoms with Crippen LogP contribution in [0, 0.1) is 29.4 Å². The summed E-state index contributed by atoms with van der Waals surface area (Å²) in [6.45, 7) is 2.32. The van der Waals surface area contributed by atoms with Crippen molar-refractivity contribution in [3.8, 4) is 5.75 Å². The van der Waals surface area contributed by atoms with Crippen molar-refractivity contribution in [2.24, 2.45) is 17.8 Å². The Bertz CT molecular complexity index is 629. The fourth-order valence-electron chi connectivity index (χ4n) is 4.90. The van der Waals surface area contributed by atoms with Crippen molar-refractivity contribution in [3.63, 3.8) is 0 Å². The van der Waals surface area contributed by atoms with Gasteiger partial charge in [-0.25, -0.2) is 8.78 Å². The van der Waals surface area contributed by atoms with Gasteiger partial charge in [-0.05, 0) is 67.1 Å². The van der Waals surface area contributed by atoms with Gasteiger partial charge in [0.05, 0.1) is 0 Å². The number of hydrogen-bond donors (Lipinski definition) is 0. The second-order valence-electron chi connectivity index (χ2n) is 8.78. The van der Waals surface area contributed by atoms with E-state index in [1.807, 2.05) is 0 Å². The molecule has 1 aromatic rings. The highest BCUT2D eigenvalue weighted by atomic mass is 19.4. The lowest BCUT2D eigenvalue weighted by atomic mass is 9.74. The summed E-state index contributed by atoms with van der Waals surface area (Å²) < 4.78 is 68.2. The number of halogens is 5. The molecule has 2 saturated carbocycles. The largest absolute Gasteiger partial charge is 0.573 e. The van der Waals surface area contributed by atoms with Gasteiger partial charge in [-0.3, -0.25) is 0 Å². The van der Waals surface area contributed by atoms with E-state index in [0.29, 0.717) is 11.5 Å². The van der Waals surface area contributed by atoms with Crippen molar-refractivity contribution in [1.29, 1.82) is 0 Å². The van der Waals surface area contributed by atoms with Gasteiger partial charge in [0.2, 0.25) is 5.75 Å². The molecular formula is C23H37F5O. The van der Waals surface area contributed by atoms with Crippen LogP contribution in [-0.4, -0.2) is 6.36 Å². The summed E-state index contributed by atoms with van der Waals surface area (Å²) in [7, 11) is 0. The molecule has 0 N–H and O–H groups in total. The number of benzene rings is 1. The van der Waals surface area contributed by atoms with Gasteiger partial charge in [0.15, 0.2) is 11.6 Å². The zero-order chi connectivity index (χ0) is 20.3. The molecule has 2 aliphatic rings. The van der Waals surface area contributed by atoms with Crippen LogP contribution < -0.4 is 4.74 Å². The van der Waals surface area contributed by atoms with Crippen molar-refractivity contribution in [2.75, 3.05) is 0 Å². The molecule has 0 aromatic heterocycles. The first-order chi connectivity index (χ1) is 13.2. The molecule has 0 heterocycles. The molecule has 2 fully saturated rings. The van der Waals surface area contributed by atoms with E-state index in [2.05, 4.69) is 11.7 Å².